The van der Waals surface area contributed by atoms with Gasteiger partial charge in [0.2, 0.25) is 0 Å². The summed E-state index contributed by atoms with van der Waals surface area (Å²) in [6.45, 7) is 0. The van der Waals surface area contributed by atoms with Crippen molar-refractivity contribution in [1.82, 2.24) is 15.0 Å². The van der Waals surface area contributed by atoms with Crippen LogP contribution in [0.2, 0.25) is 0 Å². The third kappa shape index (κ3) is 5.12. The van der Waals surface area contributed by atoms with E-state index in [2.05, 4.69) is 127 Å². The highest BCUT2D eigenvalue weighted by Gasteiger charge is 2.22. The van der Waals surface area contributed by atoms with Gasteiger partial charge >= 0.3 is 0 Å². The first-order chi connectivity index (χ1) is 25.3. The van der Waals surface area contributed by atoms with Crippen LogP contribution in [0.4, 0.5) is 0 Å². The Kier molecular flexibility index (Phi) is 6.91. The fourth-order valence-corrected chi connectivity index (χ4v) is 7.61. The molecule has 0 saturated heterocycles. The summed E-state index contributed by atoms with van der Waals surface area (Å²) in [6.07, 6.45) is 1.64. The van der Waals surface area contributed by atoms with Gasteiger partial charge in [-0.2, -0.15) is 0 Å². The third-order valence-corrected chi connectivity index (χ3v) is 10.1. The molecule has 7 aromatic carbocycles. The van der Waals surface area contributed by atoms with Crippen molar-refractivity contribution in [2.75, 3.05) is 0 Å². The lowest BCUT2D eigenvalue weighted by atomic mass is 9.87. The van der Waals surface area contributed by atoms with E-state index in [0.29, 0.717) is 11.6 Å². The molecule has 4 nitrogen and oxygen atoms in total. The Morgan fingerprint density at radius 3 is 1.73 bits per heavy atom. The van der Waals surface area contributed by atoms with Gasteiger partial charge in [0.25, 0.3) is 0 Å². The SMILES string of the molecule is c1ccc(-c2nc(C3=c4ccccc4=C(c4cccc5oc6ccc(-c7ccc8ccccc8c7)cc6c45)CC3)nc(-c3ccccc3)n2)cc1. The van der Waals surface area contributed by atoms with Crippen LogP contribution in [0.5, 0.6) is 0 Å². The molecule has 1 aliphatic rings. The van der Waals surface area contributed by atoms with Crippen LogP contribution in [-0.4, -0.2) is 15.0 Å². The standard InChI is InChI=1S/C47H31N3O/c1-3-13-31(14-4-1)45-48-46(32-15-5-2-6-16-32)50-47(49-45)40-26-25-38(36-18-9-10-19-37(36)40)39-20-11-21-43-44(39)41-29-35(24-27-42(41)51-43)34-23-22-30-12-7-8-17-33(30)28-34/h1-24,27-29H,25-26H2. The van der Waals surface area contributed by atoms with E-state index in [1.165, 1.54) is 38.3 Å². The van der Waals surface area contributed by atoms with Crippen LogP contribution in [0.1, 0.15) is 24.2 Å². The van der Waals surface area contributed by atoms with E-state index in [9.17, 15) is 0 Å². The quantitative estimate of drug-likeness (QED) is 0.186. The fourth-order valence-electron chi connectivity index (χ4n) is 7.61. The van der Waals surface area contributed by atoms with Crippen molar-refractivity contribution in [3.63, 3.8) is 0 Å². The third-order valence-electron chi connectivity index (χ3n) is 10.1. The molecule has 0 saturated carbocycles. The van der Waals surface area contributed by atoms with Crippen molar-refractivity contribution in [2.24, 2.45) is 0 Å². The Morgan fingerprint density at radius 2 is 0.980 bits per heavy atom. The highest BCUT2D eigenvalue weighted by molar-refractivity contribution is 6.11. The predicted octanol–water partition coefficient (Wildman–Crippen LogP) is 10.1. The first-order valence-corrected chi connectivity index (χ1v) is 17.4. The Bertz CT molecular complexity index is 2850. The monoisotopic (exact) mass is 653 g/mol. The van der Waals surface area contributed by atoms with Crippen molar-refractivity contribution in [1.29, 1.82) is 0 Å². The first kappa shape index (κ1) is 29.3. The molecule has 4 heteroatoms. The van der Waals surface area contributed by atoms with Crippen molar-refractivity contribution in [3.8, 4) is 33.9 Å². The molecule has 9 aromatic rings. The maximum absolute atomic E-state index is 6.49. The summed E-state index contributed by atoms with van der Waals surface area (Å²) < 4.78 is 6.49. The minimum Gasteiger partial charge on any atom is -0.456 e. The van der Waals surface area contributed by atoms with E-state index in [1.807, 2.05) is 36.4 Å². The molecule has 0 radical (unpaired) electrons. The molecule has 51 heavy (non-hydrogen) atoms. The van der Waals surface area contributed by atoms with E-state index in [4.69, 9.17) is 19.4 Å². The summed E-state index contributed by atoms with van der Waals surface area (Å²) in [5, 5.41) is 7.12. The Labute approximate surface area is 294 Å². The van der Waals surface area contributed by atoms with Crippen molar-refractivity contribution < 1.29 is 4.42 Å². The largest absolute Gasteiger partial charge is 0.456 e. The van der Waals surface area contributed by atoms with Crippen LogP contribution in [0.25, 0.3) is 77.8 Å². The van der Waals surface area contributed by atoms with Crippen LogP contribution in [0.3, 0.4) is 0 Å². The van der Waals surface area contributed by atoms with Crippen LogP contribution in [0.15, 0.2) is 168 Å². The van der Waals surface area contributed by atoms with E-state index >= 15 is 0 Å². The number of hydrogen-bond acceptors (Lipinski definition) is 4. The lowest BCUT2D eigenvalue weighted by Gasteiger charge is -2.18. The molecule has 0 bridgehead atoms. The normalized spacial score (nSPS) is 12.9. The molecular weight excluding hydrogens is 623 g/mol. The lowest BCUT2D eigenvalue weighted by molar-refractivity contribution is 0.669. The number of aromatic nitrogens is 3. The molecular formula is C47H31N3O. The Morgan fingerprint density at radius 1 is 0.392 bits per heavy atom. The van der Waals surface area contributed by atoms with E-state index in [-0.39, 0.29) is 0 Å². The van der Waals surface area contributed by atoms with Crippen LogP contribution >= 0.6 is 0 Å². The summed E-state index contributed by atoms with van der Waals surface area (Å²) in [7, 11) is 0. The summed E-state index contributed by atoms with van der Waals surface area (Å²) in [5.74, 6) is 2.08. The van der Waals surface area contributed by atoms with Gasteiger partial charge < -0.3 is 4.42 Å². The maximum atomic E-state index is 6.49. The Balaban J connectivity index is 1.18. The maximum Gasteiger partial charge on any atom is 0.164 e. The van der Waals surface area contributed by atoms with Gasteiger partial charge in [0.05, 0.1) is 0 Å². The van der Waals surface area contributed by atoms with E-state index in [0.717, 1.165) is 62.5 Å². The summed E-state index contributed by atoms with van der Waals surface area (Å²) in [6, 6.07) is 57.3. The molecule has 2 heterocycles. The highest BCUT2D eigenvalue weighted by atomic mass is 16.3. The number of benzene rings is 7. The molecule has 0 unspecified atom stereocenters. The topological polar surface area (TPSA) is 51.8 Å². The Hall–Kier alpha value is -6.65. The van der Waals surface area contributed by atoms with Crippen molar-refractivity contribution in [2.45, 2.75) is 12.8 Å². The van der Waals surface area contributed by atoms with Gasteiger partial charge in [-0.05, 0) is 80.6 Å². The van der Waals surface area contributed by atoms with Crippen molar-refractivity contribution >= 4 is 43.9 Å². The molecule has 0 amide bonds. The van der Waals surface area contributed by atoms with Gasteiger partial charge in [-0.1, -0.05) is 140 Å². The van der Waals surface area contributed by atoms with Gasteiger partial charge in [-0.25, -0.2) is 15.0 Å². The second-order valence-electron chi connectivity index (χ2n) is 13.1. The molecule has 240 valence electrons. The molecule has 0 fully saturated rings. The zero-order valence-electron chi connectivity index (χ0n) is 27.8. The number of hydrogen-bond donors (Lipinski definition) is 0. The van der Waals surface area contributed by atoms with Crippen LogP contribution in [0, 0.1) is 0 Å². The summed E-state index contributed by atoms with van der Waals surface area (Å²) >= 11 is 0. The molecule has 0 aliphatic heterocycles. The fraction of sp³-hybridized carbons (Fsp3) is 0.0426. The van der Waals surface area contributed by atoms with E-state index in [1.54, 1.807) is 0 Å². The van der Waals surface area contributed by atoms with Gasteiger partial charge in [-0.3, -0.25) is 0 Å². The zero-order chi connectivity index (χ0) is 33.7. The van der Waals surface area contributed by atoms with Gasteiger partial charge in [0.1, 0.15) is 11.2 Å². The highest BCUT2D eigenvalue weighted by Crippen LogP contribution is 2.38. The summed E-state index contributed by atoms with van der Waals surface area (Å²) in [4.78, 5) is 15.1. The number of rotatable bonds is 5. The zero-order valence-corrected chi connectivity index (χ0v) is 27.8. The average molecular weight is 654 g/mol. The smallest absolute Gasteiger partial charge is 0.164 e. The average Bonchev–Trinajstić information content (AvgIpc) is 3.59. The predicted molar refractivity (Wildman–Crippen MR) is 207 cm³/mol. The lowest BCUT2D eigenvalue weighted by Crippen LogP contribution is -2.33. The second kappa shape index (κ2) is 12.0. The molecule has 2 aromatic heterocycles. The second-order valence-corrected chi connectivity index (χ2v) is 13.1. The van der Waals surface area contributed by atoms with E-state index < -0.39 is 0 Å². The van der Waals surface area contributed by atoms with Crippen molar-refractivity contribution in [3.05, 3.63) is 186 Å². The molecule has 0 N–H and O–H groups in total. The van der Waals surface area contributed by atoms with Gasteiger partial charge in [0, 0.05) is 27.5 Å². The first-order valence-electron chi connectivity index (χ1n) is 17.4. The minimum absolute atomic E-state index is 0.677. The van der Waals surface area contributed by atoms with Gasteiger partial charge in [0.15, 0.2) is 17.5 Å². The molecule has 0 spiro atoms. The molecule has 0 atom stereocenters. The molecule has 1 aliphatic carbocycles. The summed E-state index contributed by atoms with van der Waals surface area (Å²) in [5.41, 5.74) is 9.75. The molecule has 10 rings (SSSR count). The number of furan rings is 1. The minimum atomic E-state index is 0.677. The van der Waals surface area contributed by atoms with Crippen LogP contribution < -0.4 is 10.4 Å². The van der Waals surface area contributed by atoms with Crippen LogP contribution in [-0.2, 0) is 0 Å². The number of nitrogens with zero attached hydrogens (tertiary/aromatic N) is 3. The number of fused-ring (bicyclic) bond motifs is 5. The van der Waals surface area contributed by atoms with Gasteiger partial charge in [-0.15, -0.1) is 0 Å².